The summed E-state index contributed by atoms with van der Waals surface area (Å²) in [6.07, 6.45) is 1.78. The first kappa shape index (κ1) is 13.4. The largest absolute Gasteiger partial charge is 0.294 e. The van der Waals surface area contributed by atoms with Gasteiger partial charge in [0.05, 0.1) is 10.9 Å². The molecule has 0 unspecified atom stereocenters. The summed E-state index contributed by atoms with van der Waals surface area (Å²) >= 11 is 6.36. The van der Waals surface area contributed by atoms with E-state index in [1.54, 1.807) is 18.3 Å². The van der Waals surface area contributed by atoms with Gasteiger partial charge in [0.25, 0.3) is 0 Å². The zero-order valence-corrected chi connectivity index (χ0v) is 12.3. The van der Waals surface area contributed by atoms with Gasteiger partial charge in [0.15, 0.2) is 5.78 Å². The van der Waals surface area contributed by atoms with Gasteiger partial charge in [0.2, 0.25) is 0 Å². The van der Waals surface area contributed by atoms with E-state index in [0.717, 1.165) is 4.47 Å². The van der Waals surface area contributed by atoms with Crippen LogP contribution in [0.5, 0.6) is 0 Å². The van der Waals surface area contributed by atoms with Gasteiger partial charge in [-0.2, -0.15) is 0 Å². The molecule has 1 aromatic carbocycles. The lowest BCUT2D eigenvalue weighted by molar-refractivity contribution is 0.0990. The summed E-state index contributed by atoms with van der Waals surface area (Å²) in [5, 5.41) is 0. The highest BCUT2D eigenvalue weighted by Crippen LogP contribution is 2.22. The van der Waals surface area contributed by atoms with Crippen molar-refractivity contribution >= 4 is 37.6 Å². The Morgan fingerprint density at radius 3 is 2.67 bits per heavy atom. The molecule has 0 N–H and O–H groups in total. The molecule has 0 aliphatic carbocycles. The van der Waals surface area contributed by atoms with E-state index in [0.29, 0.717) is 11.3 Å². The molecule has 2 aromatic rings. The highest BCUT2D eigenvalue weighted by Gasteiger charge is 2.13. The molecule has 0 spiro atoms. The number of carbonyl (C=O) groups excluding carboxylic acids is 1. The predicted molar refractivity (Wildman–Crippen MR) is 74.1 cm³/mol. The predicted octanol–water partition coefficient (Wildman–Crippen LogP) is 4.17. The van der Waals surface area contributed by atoms with E-state index < -0.39 is 5.82 Å². The maximum absolute atomic E-state index is 13.3. The summed E-state index contributed by atoms with van der Waals surface area (Å²) in [4.78, 5) is 16.1. The summed E-state index contributed by atoms with van der Waals surface area (Å²) in [6, 6.07) is 7.99. The monoisotopic (exact) mass is 371 g/mol. The number of carbonyl (C=O) groups is 1. The number of halogens is 3. The first-order chi connectivity index (χ1) is 8.58. The third-order valence-electron chi connectivity index (χ3n) is 2.38. The molecule has 0 radical (unpaired) electrons. The van der Waals surface area contributed by atoms with Crippen LogP contribution in [0, 0.1) is 5.82 Å². The van der Waals surface area contributed by atoms with Gasteiger partial charge in [-0.3, -0.25) is 9.78 Å². The summed E-state index contributed by atoms with van der Waals surface area (Å²) in [7, 11) is 0. The summed E-state index contributed by atoms with van der Waals surface area (Å²) in [6.45, 7) is 0. The Labute approximate surface area is 121 Å². The molecule has 92 valence electrons. The van der Waals surface area contributed by atoms with Crippen LogP contribution in [0.1, 0.15) is 16.1 Å². The molecule has 0 bridgehead atoms. The van der Waals surface area contributed by atoms with Gasteiger partial charge < -0.3 is 0 Å². The van der Waals surface area contributed by atoms with Crippen LogP contribution in [0.25, 0.3) is 0 Å². The van der Waals surface area contributed by atoms with Crippen molar-refractivity contribution in [1.29, 1.82) is 0 Å². The minimum Gasteiger partial charge on any atom is -0.294 e. The molecule has 0 saturated heterocycles. The average Bonchev–Trinajstić information content (AvgIpc) is 2.35. The number of hydrogen-bond acceptors (Lipinski definition) is 2. The van der Waals surface area contributed by atoms with Crippen LogP contribution in [0.3, 0.4) is 0 Å². The van der Waals surface area contributed by atoms with Crippen molar-refractivity contribution in [2.45, 2.75) is 6.42 Å². The van der Waals surface area contributed by atoms with Gasteiger partial charge in [0, 0.05) is 21.9 Å². The molecule has 2 nitrogen and oxygen atoms in total. The molecule has 18 heavy (non-hydrogen) atoms. The van der Waals surface area contributed by atoms with Gasteiger partial charge in [-0.25, -0.2) is 4.39 Å². The number of rotatable bonds is 3. The number of ketones is 1. The Bertz CT molecular complexity index is 584. The van der Waals surface area contributed by atoms with Crippen LogP contribution >= 0.6 is 31.9 Å². The standard InChI is InChI=1S/C13H8Br2FNO/c14-8-4-5-9(17-7-8)6-12(18)10-2-1-3-11(16)13(10)15/h1-5,7H,6H2. The fourth-order valence-corrected chi connectivity index (χ4v) is 2.21. The smallest absolute Gasteiger partial charge is 0.170 e. The van der Waals surface area contributed by atoms with Gasteiger partial charge in [0.1, 0.15) is 5.82 Å². The number of hydrogen-bond donors (Lipinski definition) is 0. The minimum atomic E-state index is -0.440. The maximum Gasteiger partial charge on any atom is 0.170 e. The highest BCUT2D eigenvalue weighted by molar-refractivity contribution is 9.10. The van der Waals surface area contributed by atoms with Gasteiger partial charge >= 0.3 is 0 Å². The molecule has 0 saturated carbocycles. The molecule has 1 aromatic heterocycles. The Hall–Kier alpha value is -1.07. The quantitative estimate of drug-likeness (QED) is 0.757. The molecule has 0 aliphatic rings. The second-order valence-electron chi connectivity index (χ2n) is 3.67. The van der Waals surface area contributed by atoms with Gasteiger partial charge in [-0.05, 0) is 50.1 Å². The third-order valence-corrected chi connectivity index (χ3v) is 3.66. The topological polar surface area (TPSA) is 30.0 Å². The molecular formula is C13H8Br2FNO. The van der Waals surface area contributed by atoms with Crippen molar-refractivity contribution < 1.29 is 9.18 Å². The fourth-order valence-electron chi connectivity index (χ4n) is 1.49. The molecule has 0 amide bonds. The van der Waals surface area contributed by atoms with Crippen LogP contribution < -0.4 is 0 Å². The van der Waals surface area contributed by atoms with Crippen LogP contribution in [0.2, 0.25) is 0 Å². The van der Waals surface area contributed by atoms with E-state index in [1.807, 2.05) is 6.07 Å². The third kappa shape index (κ3) is 3.03. The van der Waals surface area contributed by atoms with Crippen molar-refractivity contribution in [3.63, 3.8) is 0 Å². The number of Topliss-reactive ketones (excluding diaryl/α,β-unsaturated/α-hetero) is 1. The Morgan fingerprint density at radius 1 is 1.22 bits per heavy atom. The number of benzene rings is 1. The summed E-state index contributed by atoms with van der Waals surface area (Å²) in [5.74, 6) is -0.610. The SMILES string of the molecule is O=C(Cc1ccc(Br)cn1)c1cccc(F)c1Br. The lowest BCUT2D eigenvalue weighted by Gasteiger charge is -2.04. The van der Waals surface area contributed by atoms with E-state index >= 15 is 0 Å². The second kappa shape index (κ2) is 5.71. The van der Waals surface area contributed by atoms with E-state index in [2.05, 4.69) is 36.8 Å². The van der Waals surface area contributed by atoms with Crippen molar-refractivity contribution in [3.8, 4) is 0 Å². The average molecular weight is 373 g/mol. The van der Waals surface area contributed by atoms with Gasteiger partial charge in [-0.1, -0.05) is 12.1 Å². The zero-order chi connectivity index (χ0) is 13.1. The minimum absolute atomic E-state index is 0.148. The molecule has 0 fully saturated rings. The van der Waals surface area contributed by atoms with Crippen molar-refractivity contribution in [2.75, 3.05) is 0 Å². The van der Waals surface area contributed by atoms with Crippen molar-refractivity contribution in [3.05, 3.63) is 62.5 Å². The Kier molecular flexibility index (Phi) is 4.24. The van der Waals surface area contributed by atoms with E-state index in [4.69, 9.17) is 0 Å². The molecule has 5 heteroatoms. The molecular weight excluding hydrogens is 365 g/mol. The van der Waals surface area contributed by atoms with Crippen molar-refractivity contribution in [1.82, 2.24) is 4.98 Å². The van der Waals surface area contributed by atoms with Gasteiger partial charge in [-0.15, -0.1) is 0 Å². The molecule has 0 atom stereocenters. The van der Waals surface area contributed by atoms with Crippen LogP contribution in [-0.2, 0) is 6.42 Å². The number of pyridine rings is 1. The lowest BCUT2D eigenvalue weighted by Crippen LogP contribution is -2.06. The molecule has 2 rings (SSSR count). The molecule has 1 heterocycles. The zero-order valence-electron chi connectivity index (χ0n) is 9.16. The van der Waals surface area contributed by atoms with Crippen LogP contribution in [-0.4, -0.2) is 10.8 Å². The number of nitrogens with zero attached hydrogens (tertiary/aromatic N) is 1. The molecule has 0 aliphatic heterocycles. The Morgan fingerprint density at radius 2 is 2.00 bits per heavy atom. The fraction of sp³-hybridized carbons (Fsp3) is 0.0769. The second-order valence-corrected chi connectivity index (χ2v) is 5.38. The maximum atomic E-state index is 13.3. The first-order valence-electron chi connectivity index (χ1n) is 5.15. The van der Waals surface area contributed by atoms with Crippen molar-refractivity contribution in [2.24, 2.45) is 0 Å². The Balaban J connectivity index is 2.22. The summed E-state index contributed by atoms with van der Waals surface area (Å²) < 4.78 is 14.4. The first-order valence-corrected chi connectivity index (χ1v) is 6.74. The normalized spacial score (nSPS) is 10.4. The highest BCUT2D eigenvalue weighted by atomic mass is 79.9. The van der Waals surface area contributed by atoms with Crippen LogP contribution in [0.4, 0.5) is 4.39 Å². The lowest BCUT2D eigenvalue weighted by atomic mass is 10.1. The van der Waals surface area contributed by atoms with E-state index in [-0.39, 0.29) is 16.7 Å². The van der Waals surface area contributed by atoms with E-state index in [9.17, 15) is 9.18 Å². The summed E-state index contributed by atoms with van der Waals surface area (Å²) in [5.41, 5.74) is 0.985. The van der Waals surface area contributed by atoms with Crippen LogP contribution in [0.15, 0.2) is 45.5 Å². The number of aromatic nitrogens is 1. The van der Waals surface area contributed by atoms with E-state index in [1.165, 1.54) is 12.1 Å².